The first kappa shape index (κ1) is 11.5. The fourth-order valence-corrected chi connectivity index (χ4v) is 1.44. The van der Waals surface area contributed by atoms with Crippen LogP contribution in [0.2, 0.25) is 0 Å². The Hall–Kier alpha value is -1.57. The highest BCUT2D eigenvalue weighted by atomic mass is 15.3. The third-order valence-corrected chi connectivity index (χ3v) is 2.04. The monoisotopic (exact) mass is 202 g/mol. The predicted molar refractivity (Wildman–Crippen MR) is 65.8 cm³/mol. The Bertz CT molecular complexity index is 470. The Morgan fingerprint density at radius 2 is 1.80 bits per heavy atom. The summed E-state index contributed by atoms with van der Waals surface area (Å²) in [6.45, 7) is 13.8. The minimum atomic E-state index is -0.0257. The molecule has 0 bridgehead atoms. The highest BCUT2D eigenvalue weighted by Crippen LogP contribution is 2.07. The quantitative estimate of drug-likeness (QED) is 0.712. The molecule has 2 nitrogen and oxygen atoms in total. The number of rotatable bonds is 2. The third-order valence-electron chi connectivity index (χ3n) is 2.04. The van der Waals surface area contributed by atoms with E-state index in [-0.39, 0.29) is 5.54 Å². The van der Waals surface area contributed by atoms with Crippen molar-refractivity contribution in [3.05, 3.63) is 42.1 Å². The lowest BCUT2D eigenvalue weighted by Crippen LogP contribution is -2.38. The van der Waals surface area contributed by atoms with Crippen molar-refractivity contribution in [3.63, 3.8) is 0 Å². The van der Waals surface area contributed by atoms with Crippen LogP contribution in [0.15, 0.2) is 31.5 Å². The van der Waals surface area contributed by atoms with Crippen molar-refractivity contribution in [1.82, 2.24) is 9.78 Å². The molecule has 0 radical (unpaired) electrons. The van der Waals surface area contributed by atoms with Gasteiger partial charge in [-0.25, -0.2) is 0 Å². The van der Waals surface area contributed by atoms with Crippen LogP contribution in [0, 0.1) is 0 Å². The molecule has 0 spiro atoms. The first-order chi connectivity index (χ1) is 7.00. The molecule has 0 aliphatic rings. The van der Waals surface area contributed by atoms with Crippen molar-refractivity contribution >= 4 is 12.2 Å². The second-order valence-electron chi connectivity index (χ2n) is 4.37. The summed E-state index contributed by atoms with van der Waals surface area (Å²) in [4.78, 5) is 0. The molecule has 1 aromatic rings. The van der Waals surface area contributed by atoms with Gasteiger partial charge in [0.05, 0.1) is 17.1 Å². The fraction of sp³-hybridized carbons (Fsp3) is 0.308. The van der Waals surface area contributed by atoms with Crippen LogP contribution in [-0.4, -0.2) is 9.78 Å². The van der Waals surface area contributed by atoms with Crippen LogP contribution in [0.4, 0.5) is 0 Å². The Labute approximate surface area is 90.9 Å². The van der Waals surface area contributed by atoms with Crippen molar-refractivity contribution < 1.29 is 0 Å². The van der Waals surface area contributed by atoms with Gasteiger partial charge in [0.15, 0.2) is 0 Å². The molecule has 0 atom stereocenters. The van der Waals surface area contributed by atoms with Crippen LogP contribution < -0.4 is 10.6 Å². The van der Waals surface area contributed by atoms with Gasteiger partial charge in [-0.15, -0.1) is 0 Å². The minimum Gasteiger partial charge on any atom is -0.260 e. The summed E-state index contributed by atoms with van der Waals surface area (Å²) in [7, 11) is 0. The van der Waals surface area contributed by atoms with Gasteiger partial charge in [-0.1, -0.05) is 31.4 Å². The van der Waals surface area contributed by atoms with Crippen LogP contribution >= 0.6 is 0 Å². The first-order valence-corrected chi connectivity index (χ1v) is 5.00. The SMILES string of the molecule is C=C/C=c1/cnn(C(C)(C)C)/c1=C/C=C. The van der Waals surface area contributed by atoms with Gasteiger partial charge in [-0.05, 0) is 26.8 Å². The van der Waals surface area contributed by atoms with E-state index in [1.165, 1.54) is 0 Å². The van der Waals surface area contributed by atoms with Crippen LogP contribution in [0.3, 0.4) is 0 Å². The fourth-order valence-electron chi connectivity index (χ4n) is 1.44. The van der Waals surface area contributed by atoms with E-state index in [1.807, 2.05) is 23.0 Å². The molecule has 15 heavy (non-hydrogen) atoms. The Balaban J connectivity index is 3.59. The maximum absolute atomic E-state index is 4.38. The number of nitrogens with zero attached hydrogens (tertiary/aromatic N) is 2. The van der Waals surface area contributed by atoms with Crippen LogP contribution in [0.25, 0.3) is 12.2 Å². The molecule has 0 aromatic carbocycles. The lowest BCUT2D eigenvalue weighted by atomic mass is 10.1. The van der Waals surface area contributed by atoms with Crippen LogP contribution in [-0.2, 0) is 5.54 Å². The lowest BCUT2D eigenvalue weighted by molar-refractivity contribution is 0.346. The third kappa shape index (κ3) is 2.46. The molecule has 0 aliphatic carbocycles. The topological polar surface area (TPSA) is 17.8 Å². The second kappa shape index (κ2) is 4.30. The van der Waals surface area contributed by atoms with Crippen molar-refractivity contribution in [2.45, 2.75) is 26.3 Å². The molecule has 1 aromatic heterocycles. The maximum Gasteiger partial charge on any atom is 0.0688 e. The normalized spacial score (nSPS) is 14.3. The lowest BCUT2D eigenvalue weighted by Gasteiger charge is -2.19. The van der Waals surface area contributed by atoms with E-state index in [4.69, 9.17) is 0 Å². The average Bonchev–Trinajstić information content (AvgIpc) is 2.49. The van der Waals surface area contributed by atoms with Gasteiger partial charge in [0, 0.05) is 5.22 Å². The number of hydrogen-bond donors (Lipinski definition) is 0. The smallest absolute Gasteiger partial charge is 0.0688 e. The van der Waals surface area contributed by atoms with Crippen LogP contribution in [0.1, 0.15) is 20.8 Å². The molecule has 1 heterocycles. The zero-order valence-corrected chi connectivity index (χ0v) is 9.70. The Morgan fingerprint density at radius 3 is 2.27 bits per heavy atom. The summed E-state index contributed by atoms with van der Waals surface area (Å²) in [5.74, 6) is 0. The summed E-state index contributed by atoms with van der Waals surface area (Å²) < 4.78 is 1.99. The molecule has 0 saturated heterocycles. The minimum absolute atomic E-state index is 0.0257. The second-order valence-corrected chi connectivity index (χ2v) is 4.37. The maximum atomic E-state index is 4.38. The first-order valence-electron chi connectivity index (χ1n) is 5.00. The zero-order chi connectivity index (χ0) is 11.5. The summed E-state index contributed by atoms with van der Waals surface area (Å²) >= 11 is 0. The van der Waals surface area contributed by atoms with Crippen molar-refractivity contribution in [3.8, 4) is 0 Å². The molecule has 0 aliphatic heterocycles. The van der Waals surface area contributed by atoms with Crippen molar-refractivity contribution in [2.24, 2.45) is 0 Å². The molecule has 0 N–H and O–H groups in total. The molecule has 2 heteroatoms. The van der Waals surface area contributed by atoms with E-state index in [2.05, 4.69) is 39.0 Å². The van der Waals surface area contributed by atoms with E-state index in [9.17, 15) is 0 Å². The highest BCUT2D eigenvalue weighted by Gasteiger charge is 2.14. The summed E-state index contributed by atoms with van der Waals surface area (Å²) in [6.07, 6.45) is 9.31. The number of hydrogen-bond acceptors (Lipinski definition) is 1. The Morgan fingerprint density at radius 1 is 1.20 bits per heavy atom. The molecule has 0 saturated carbocycles. The molecule has 0 fully saturated rings. The van der Waals surface area contributed by atoms with Gasteiger partial charge in [0.25, 0.3) is 0 Å². The average molecular weight is 202 g/mol. The van der Waals surface area contributed by atoms with E-state index in [1.54, 1.807) is 12.2 Å². The standard InChI is InChI=1S/C13H18N2/c1-6-8-11-10-14-15(13(3,4)5)12(11)9-7-2/h6-10H,1-2H2,3-5H3/b11-8-,12-9+. The van der Waals surface area contributed by atoms with Crippen molar-refractivity contribution in [2.75, 3.05) is 0 Å². The van der Waals surface area contributed by atoms with E-state index in [0.29, 0.717) is 0 Å². The predicted octanol–water partition coefficient (Wildman–Crippen LogP) is 1.57. The summed E-state index contributed by atoms with van der Waals surface area (Å²) in [6, 6.07) is 0. The van der Waals surface area contributed by atoms with Gasteiger partial charge >= 0.3 is 0 Å². The van der Waals surface area contributed by atoms with Crippen molar-refractivity contribution in [1.29, 1.82) is 0 Å². The summed E-state index contributed by atoms with van der Waals surface area (Å²) in [5.41, 5.74) is -0.0257. The zero-order valence-electron chi connectivity index (χ0n) is 9.70. The largest absolute Gasteiger partial charge is 0.260 e. The van der Waals surface area contributed by atoms with Gasteiger partial charge in [-0.3, -0.25) is 4.68 Å². The van der Waals surface area contributed by atoms with E-state index in [0.717, 1.165) is 10.6 Å². The summed E-state index contributed by atoms with van der Waals surface area (Å²) in [5, 5.41) is 6.52. The molecule has 80 valence electrons. The van der Waals surface area contributed by atoms with E-state index >= 15 is 0 Å². The van der Waals surface area contributed by atoms with Crippen LogP contribution in [0.5, 0.6) is 0 Å². The van der Waals surface area contributed by atoms with Gasteiger partial charge in [0.2, 0.25) is 0 Å². The highest BCUT2D eigenvalue weighted by molar-refractivity contribution is 5.40. The molecular formula is C13H18N2. The van der Waals surface area contributed by atoms with Gasteiger partial charge in [0.1, 0.15) is 0 Å². The molecule has 0 amide bonds. The van der Waals surface area contributed by atoms with Gasteiger partial charge in [-0.2, -0.15) is 5.10 Å². The Kier molecular flexibility index (Phi) is 3.30. The van der Waals surface area contributed by atoms with E-state index < -0.39 is 0 Å². The van der Waals surface area contributed by atoms with Gasteiger partial charge < -0.3 is 0 Å². The number of allylic oxidation sites excluding steroid dienone is 2. The molecule has 1 rings (SSSR count). The number of aromatic nitrogens is 2. The molecular weight excluding hydrogens is 184 g/mol. The molecule has 0 unspecified atom stereocenters.